The zero-order valence-electron chi connectivity index (χ0n) is 17.3. The maximum atomic E-state index is 13.1. The minimum Gasteiger partial charge on any atom is -0.404 e. The number of nitrogens with zero attached hydrogens (tertiary/aromatic N) is 3. The van der Waals surface area contributed by atoms with E-state index < -0.39 is 28.2 Å². The van der Waals surface area contributed by atoms with Crippen molar-refractivity contribution in [3.8, 4) is 5.75 Å². The fraction of sp³-hybridized carbons (Fsp3) is 0.286. The summed E-state index contributed by atoms with van der Waals surface area (Å²) in [5, 5.41) is 2.91. The van der Waals surface area contributed by atoms with Crippen LogP contribution in [0.3, 0.4) is 0 Å². The average Bonchev–Trinajstić information content (AvgIpc) is 3.37. The van der Waals surface area contributed by atoms with Crippen LogP contribution in [0.25, 0.3) is 0 Å². The van der Waals surface area contributed by atoms with Gasteiger partial charge in [0, 0.05) is 50.0 Å². The van der Waals surface area contributed by atoms with Crippen LogP contribution in [-0.2, 0) is 17.1 Å². The van der Waals surface area contributed by atoms with Crippen molar-refractivity contribution in [3.05, 3.63) is 71.6 Å². The first-order chi connectivity index (χ1) is 15.5. The van der Waals surface area contributed by atoms with Gasteiger partial charge in [0.1, 0.15) is 5.75 Å². The minimum absolute atomic E-state index is 0.0650. The molecular weight excluding hydrogens is 481 g/mol. The number of benzene rings is 2. The molecule has 4 rings (SSSR count). The van der Waals surface area contributed by atoms with Crippen LogP contribution in [0.5, 0.6) is 5.75 Å². The molecule has 0 spiro atoms. The maximum Gasteiger partial charge on any atom is 0.573 e. The molecule has 1 fully saturated rings. The van der Waals surface area contributed by atoms with Crippen molar-refractivity contribution in [3.63, 3.8) is 0 Å². The van der Waals surface area contributed by atoms with Crippen LogP contribution in [-0.4, -0.2) is 47.8 Å². The molecule has 2 atom stereocenters. The number of anilines is 1. The molecule has 1 aliphatic heterocycles. The van der Waals surface area contributed by atoms with E-state index in [2.05, 4.69) is 15.0 Å². The van der Waals surface area contributed by atoms with Crippen molar-refractivity contribution in [1.82, 2.24) is 13.9 Å². The summed E-state index contributed by atoms with van der Waals surface area (Å²) in [5.41, 5.74) is 1.22. The maximum absolute atomic E-state index is 13.1. The van der Waals surface area contributed by atoms with Crippen molar-refractivity contribution in [2.45, 2.75) is 23.3 Å². The monoisotopic (exact) mass is 500 g/mol. The predicted molar refractivity (Wildman–Crippen MR) is 117 cm³/mol. The lowest BCUT2D eigenvalue weighted by molar-refractivity contribution is -0.274. The molecule has 7 nitrogen and oxygen atoms in total. The van der Waals surface area contributed by atoms with Gasteiger partial charge in [-0.2, -0.15) is 4.31 Å². The smallest absolute Gasteiger partial charge is 0.404 e. The number of rotatable bonds is 6. The van der Waals surface area contributed by atoms with E-state index in [1.165, 1.54) is 29.0 Å². The highest BCUT2D eigenvalue weighted by molar-refractivity contribution is 7.89. The SMILES string of the molecule is Cn1cnc(S(=O)(=O)N2C[C@H](Nc3ccc(Cl)c(OC(F)(F)F)c3)[C@@H](c3ccccc3)C2)c1. The summed E-state index contributed by atoms with van der Waals surface area (Å²) in [4.78, 5) is 3.97. The van der Waals surface area contributed by atoms with E-state index in [0.717, 1.165) is 11.6 Å². The van der Waals surface area contributed by atoms with Gasteiger partial charge in [-0.25, -0.2) is 13.4 Å². The van der Waals surface area contributed by atoms with Crippen molar-refractivity contribution in [2.24, 2.45) is 7.05 Å². The topological polar surface area (TPSA) is 76.5 Å². The predicted octanol–water partition coefficient (Wildman–Crippen LogP) is 4.24. The van der Waals surface area contributed by atoms with Crippen LogP contribution < -0.4 is 10.1 Å². The summed E-state index contributed by atoms with van der Waals surface area (Å²) in [6.45, 7) is 0.274. The Bertz CT molecular complexity index is 1240. The molecule has 0 aliphatic carbocycles. The molecule has 0 unspecified atom stereocenters. The summed E-state index contributed by atoms with van der Waals surface area (Å²) in [6, 6.07) is 12.8. The van der Waals surface area contributed by atoms with Crippen molar-refractivity contribution in [2.75, 3.05) is 18.4 Å². The molecule has 1 saturated heterocycles. The van der Waals surface area contributed by atoms with E-state index in [0.29, 0.717) is 5.69 Å². The van der Waals surface area contributed by atoms with Gasteiger partial charge in [-0.1, -0.05) is 41.9 Å². The summed E-state index contributed by atoms with van der Waals surface area (Å²) in [5.74, 6) is -0.797. The summed E-state index contributed by atoms with van der Waals surface area (Å²) >= 11 is 5.85. The normalized spacial score (nSPS) is 19.5. The molecular formula is C21H20ClF3N4O3S. The molecule has 33 heavy (non-hydrogen) atoms. The van der Waals surface area contributed by atoms with Crippen molar-refractivity contribution in [1.29, 1.82) is 0 Å². The van der Waals surface area contributed by atoms with Gasteiger partial charge in [0.25, 0.3) is 10.0 Å². The third-order valence-corrected chi connectivity index (χ3v) is 7.34. The van der Waals surface area contributed by atoms with Gasteiger partial charge in [0.2, 0.25) is 0 Å². The number of hydrogen-bond acceptors (Lipinski definition) is 5. The molecule has 2 aromatic carbocycles. The lowest BCUT2D eigenvalue weighted by atomic mass is 9.94. The van der Waals surface area contributed by atoms with Crippen LogP contribution >= 0.6 is 11.6 Å². The van der Waals surface area contributed by atoms with Gasteiger partial charge >= 0.3 is 6.36 Å². The van der Waals surface area contributed by atoms with E-state index >= 15 is 0 Å². The number of nitrogens with one attached hydrogen (secondary N) is 1. The van der Waals surface area contributed by atoms with Gasteiger partial charge in [-0.05, 0) is 17.7 Å². The second kappa shape index (κ2) is 8.88. The number of halogens is 4. The molecule has 2 heterocycles. The Balaban J connectivity index is 1.63. The van der Waals surface area contributed by atoms with Crippen LogP contribution in [0.15, 0.2) is 66.1 Å². The van der Waals surface area contributed by atoms with Crippen molar-refractivity contribution < 1.29 is 26.3 Å². The van der Waals surface area contributed by atoms with Gasteiger partial charge < -0.3 is 14.6 Å². The third-order valence-electron chi connectivity index (χ3n) is 5.31. The van der Waals surface area contributed by atoms with E-state index in [-0.39, 0.29) is 29.1 Å². The number of alkyl halides is 3. The Morgan fingerprint density at radius 2 is 1.88 bits per heavy atom. The first-order valence-electron chi connectivity index (χ1n) is 9.88. The Morgan fingerprint density at radius 1 is 1.15 bits per heavy atom. The highest BCUT2D eigenvalue weighted by atomic mass is 35.5. The van der Waals surface area contributed by atoms with E-state index in [4.69, 9.17) is 11.6 Å². The lowest BCUT2D eigenvalue weighted by Crippen LogP contribution is -2.32. The second-order valence-corrected chi connectivity index (χ2v) is 9.95. The second-order valence-electron chi connectivity index (χ2n) is 7.66. The van der Waals surface area contributed by atoms with E-state index in [1.54, 1.807) is 11.6 Å². The number of aryl methyl sites for hydroxylation is 1. The Hall–Kier alpha value is -2.76. The summed E-state index contributed by atoms with van der Waals surface area (Å²) < 4.78 is 71.3. The Morgan fingerprint density at radius 3 is 2.52 bits per heavy atom. The van der Waals surface area contributed by atoms with Gasteiger partial charge in [0.15, 0.2) is 5.03 Å². The van der Waals surface area contributed by atoms with Crippen LogP contribution in [0.4, 0.5) is 18.9 Å². The number of sulfonamides is 1. The number of ether oxygens (including phenoxy) is 1. The van der Waals surface area contributed by atoms with E-state index in [9.17, 15) is 21.6 Å². The number of imidazole rings is 1. The molecule has 12 heteroatoms. The average molecular weight is 501 g/mol. The first-order valence-corrected chi connectivity index (χ1v) is 11.7. The lowest BCUT2D eigenvalue weighted by Gasteiger charge is -2.22. The highest BCUT2D eigenvalue weighted by Gasteiger charge is 2.41. The quantitative estimate of drug-likeness (QED) is 0.548. The first kappa shape index (κ1) is 23.4. The van der Waals surface area contributed by atoms with Gasteiger partial charge in [0.05, 0.1) is 11.3 Å². The molecule has 0 saturated carbocycles. The highest BCUT2D eigenvalue weighted by Crippen LogP contribution is 2.36. The Labute approximate surface area is 193 Å². The summed E-state index contributed by atoms with van der Waals surface area (Å²) in [7, 11) is -2.18. The summed E-state index contributed by atoms with van der Waals surface area (Å²) in [6.07, 6.45) is -2.06. The zero-order valence-corrected chi connectivity index (χ0v) is 18.9. The molecule has 0 radical (unpaired) electrons. The number of hydrogen-bond donors (Lipinski definition) is 1. The minimum atomic E-state index is -4.89. The standard InChI is InChI=1S/C21H20ClF3N4O3S/c1-28-12-20(26-13-28)33(30,31)29-10-16(14-5-3-2-4-6-14)18(11-29)27-15-7-8-17(22)19(9-15)32-21(23,24)25/h2-9,12-13,16,18,27H,10-11H2,1H3/t16-,18+/m1/s1. The molecule has 0 bridgehead atoms. The van der Waals surface area contributed by atoms with Gasteiger partial charge in [-0.15, -0.1) is 13.2 Å². The molecule has 3 aromatic rings. The molecule has 0 amide bonds. The Kier molecular flexibility index (Phi) is 6.30. The van der Waals surface area contributed by atoms with E-state index in [1.807, 2.05) is 30.3 Å². The molecule has 1 aromatic heterocycles. The molecule has 1 aliphatic rings. The van der Waals surface area contributed by atoms with Crippen molar-refractivity contribution >= 4 is 27.3 Å². The molecule has 176 valence electrons. The third kappa shape index (κ3) is 5.26. The van der Waals surface area contributed by atoms with Crippen LogP contribution in [0.2, 0.25) is 5.02 Å². The van der Waals surface area contributed by atoms with Crippen LogP contribution in [0.1, 0.15) is 11.5 Å². The zero-order chi connectivity index (χ0) is 23.8. The largest absolute Gasteiger partial charge is 0.573 e. The fourth-order valence-corrected chi connectivity index (χ4v) is 5.43. The van der Waals surface area contributed by atoms with Gasteiger partial charge in [-0.3, -0.25) is 0 Å². The molecule has 1 N–H and O–H groups in total. The number of aromatic nitrogens is 2. The van der Waals surface area contributed by atoms with Crippen LogP contribution in [0, 0.1) is 0 Å². The fourth-order valence-electron chi connectivity index (χ4n) is 3.81.